The predicted octanol–water partition coefficient (Wildman–Crippen LogP) is 0.770. The van der Waals surface area contributed by atoms with Crippen molar-refractivity contribution >= 4 is 5.95 Å². The van der Waals surface area contributed by atoms with E-state index in [1.807, 2.05) is 24.8 Å². The van der Waals surface area contributed by atoms with Gasteiger partial charge in [0.2, 0.25) is 5.95 Å². The van der Waals surface area contributed by atoms with Gasteiger partial charge in [-0.05, 0) is 27.1 Å². The van der Waals surface area contributed by atoms with Crippen molar-refractivity contribution in [1.29, 1.82) is 0 Å². The first-order valence-electron chi connectivity index (χ1n) is 8.35. The molecule has 1 unspecified atom stereocenters. The third-order valence-electron chi connectivity index (χ3n) is 4.15. The van der Waals surface area contributed by atoms with Crippen LogP contribution in [-0.4, -0.2) is 70.3 Å². The summed E-state index contributed by atoms with van der Waals surface area (Å²) in [7, 11) is 4.10. The van der Waals surface area contributed by atoms with Crippen LogP contribution in [0.5, 0.6) is 0 Å². The molecule has 24 heavy (non-hydrogen) atoms. The summed E-state index contributed by atoms with van der Waals surface area (Å²) >= 11 is 0. The molecule has 0 saturated carbocycles. The minimum atomic E-state index is 0.217. The number of fused-ring (bicyclic) bond motifs is 1. The van der Waals surface area contributed by atoms with E-state index < -0.39 is 0 Å². The lowest BCUT2D eigenvalue weighted by Gasteiger charge is -2.32. The standard InChI is InChI=1S/C16H25N7O/c1-4-23-15-13(12-24-9-8-21(2)3)10-22(11-14(15)19-20-23)16-17-6-5-7-18-16/h5-7,13H,4,8-12H2,1-3H3. The zero-order chi connectivity index (χ0) is 16.9. The Morgan fingerprint density at radius 1 is 1.29 bits per heavy atom. The molecule has 8 nitrogen and oxygen atoms in total. The molecule has 8 heteroatoms. The van der Waals surface area contributed by atoms with Crippen LogP contribution in [0.2, 0.25) is 0 Å². The highest BCUT2D eigenvalue weighted by Crippen LogP contribution is 2.29. The molecule has 0 aliphatic carbocycles. The second-order valence-corrected chi connectivity index (χ2v) is 6.24. The van der Waals surface area contributed by atoms with Gasteiger partial charge in [0.25, 0.3) is 0 Å². The third-order valence-corrected chi connectivity index (χ3v) is 4.15. The molecule has 1 aliphatic rings. The van der Waals surface area contributed by atoms with E-state index in [0.717, 1.165) is 31.3 Å². The van der Waals surface area contributed by atoms with Crippen LogP contribution in [0, 0.1) is 0 Å². The van der Waals surface area contributed by atoms with Crippen molar-refractivity contribution in [1.82, 2.24) is 29.9 Å². The van der Waals surface area contributed by atoms with Gasteiger partial charge in [-0.1, -0.05) is 5.21 Å². The van der Waals surface area contributed by atoms with Gasteiger partial charge in [-0.25, -0.2) is 14.6 Å². The average molecular weight is 331 g/mol. The van der Waals surface area contributed by atoms with Crippen molar-refractivity contribution < 1.29 is 4.74 Å². The molecule has 0 amide bonds. The number of aryl methyl sites for hydroxylation is 1. The van der Waals surface area contributed by atoms with Crippen molar-refractivity contribution in [2.24, 2.45) is 0 Å². The molecule has 0 aromatic carbocycles. The molecule has 3 rings (SSSR count). The fraction of sp³-hybridized carbons (Fsp3) is 0.625. The number of hydrogen-bond donors (Lipinski definition) is 0. The maximum Gasteiger partial charge on any atom is 0.225 e. The van der Waals surface area contributed by atoms with Crippen LogP contribution in [-0.2, 0) is 17.8 Å². The topological polar surface area (TPSA) is 72.2 Å². The highest BCUT2D eigenvalue weighted by Gasteiger charge is 2.31. The quantitative estimate of drug-likeness (QED) is 0.694. The van der Waals surface area contributed by atoms with Gasteiger partial charge in [0, 0.05) is 37.9 Å². The monoisotopic (exact) mass is 331 g/mol. The van der Waals surface area contributed by atoms with Gasteiger partial charge >= 0.3 is 0 Å². The van der Waals surface area contributed by atoms with Gasteiger partial charge < -0.3 is 14.5 Å². The van der Waals surface area contributed by atoms with Gasteiger partial charge in [0.1, 0.15) is 5.69 Å². The summed E-state index contributed by atoms with van der Waals surface area (Å²) in [6.07, 6.45) is 3.53. The third kappa shape index (κ3) is 3.70. The molecule has 0 spiro atoms. The van der Waals surface area contributed by atoms with Crippen LogP contribution >= 0.6 is 0 Å². The lowest BCUT2D eigenvalue weighted by Crippen LogP contribution is -2.37. The minimum Gasteiger partial charge on any atom is -0.379 e. The van der Waals surface area contributed by atoms with E-state index >= 15 is 0 Å². The van der Waals surface area contributed by atoms with Crippen LogP contribution in [0.3, 0.4) is 0 Å². The fourth-order valence-electron chi connectivity index (χ4n) is 2.96. The first-order chi connectivity index (χ1) is 11.7. The van der Waals surface area contributed by atoms with Crippen molar-refractivity contribution in [3.63, 3.8) is 0 Å². The smallest absolute Gasteiger partial charge is 0.225 e. The predicted molar refractivity (Wildman–Crippen MR) is 90.9 cm³/mol. The lowest BCUT2D eigenvalue weighted by molar-refractivity contribution is 0.103. The molecule has 2 aromatic heterocycles. The SMILES string of the molecule is CCn1nnc2c1C(COCCN(C)C)CN(c1ncccn1)C2. The molecule has 0 fully saturated rings. The summed E-state index contributed by atoms with van der Waals surface area (Å²) in [5.41, 5.74) is 2.19. The lowest BCUT2D eigenvalue weighted by atomic mass is 9.99. The van der Waals surface area contributed by atoms with Crippen LogP contribution in [0.25, 0.3) is 0 Å². The molecule has 1 aliphatic heterocycles. The molecule has 3 heterocycles. The molecule has 0 radical (unpaired) electrons. The van der Waals surface area contributed by atoms with Crippen LogP contribution in [0.1, 0.15) is 24.2 Å². The van der Waals surface area contributed by atoms with E-state index in [1.54, 1.807) is 12.4 Å². The first-order valence-corrected chi connectivity index (χ1v) is 8.35. The zero-order valence-corrected chi connectivity index (χ0v) is 14.6. The highest BCUT2D eigenvalue weighted by atomic mass is 16.5. The number of hydrogen-bond acceptors (Lipinski definition) is 7. The second kappa shape index (κ2) is 7.67. The first kappa shape index (κ1) is 16.8. The Morgan fingerprint density at radius 3 is 2.79 bits per heavy atom. The van der Waals surface area contributed by atoms with Crippen molar-refractivity contribution in [2.75, 3.05) is 45.3 Å². The molecule has 1 atom stereocenters. The summed E-state index contributed by atoms with van der Waals surface area (Å²) in [5.74, 6) is 0.946. The van der Waals surface area contributed by atoms with Gasteiger partial charge in [-0.2, -0.15) is 0 Å². The Hall–Kier alpha value is -2.06. The van der Waals surface area contributed by atoms with E-state index in [9.17, 15) is 0 Å². The van der Waals surface area contributed by atoms with Gasteiger partial charge in [0.05, 0.1) is 25.5 Å². The Kier molecular flexibility index (Phi) is 5.37. The summed E-state index contributed by atoms with van der Waals surface area (Å²) in [5, 5.41) is 8.65. The van der Waals surface area contributed by atoms with Crippen molar-refractivity contribution in [3.8, 4) is 0 Å². The summed E-state index contributed by atoms with van der Waals surface area (Å²) in [4.78, 5) is 13.0. The zero-order valence-electron chi connectivity index (χ0n) is 14.6. The number of likely N-dealkylation sites (N-methyl/N-ethyl adjacent to an activating group) is 1. The number of aromatic nitrogens is 5. The Balaban J connectivity index is 1.76. The Labute approximate surface area is 142 Å². The summed E-state index contributed by atoms with van der Waals surface area (Å²) < 4.78 is 7.90. The van der Waals surface area contributed by atoms with Gasteiger partial charge in [-0.3, -0.25) is 0 Å². The molecular formula is C16H25N7O. The molecule has 0 bridgehead atoms. The Morgan fingerprint density at radius 2 is 2.08 bits per heavy atom. The normalized spacial score (nSPS) is 17.3. The number of anilines is 1. The molecule has 0 N–H and O–H groups in total. The van der Waals surface area contributed by atoms with Gasteiger partial charge in [-0.15, -0.1) is 5.10 Å². The fourth-order valence-corrected chi connectivity index (χ4v) is 2.96. The number of rotatable bonds is 7. The maximum atomic E-state index is 5.92. The minimum absolute atomic E-state index is 0.217. The number of ether oxygens (including phenoxy) is 1. The van der Waals surface area contributed by atoms with E-state index in [1.165, 1.54) is 5.69 Å². The van der Waals surface area contributed by atoms with Crippen LogP contribution < -0.4 is 4.90 Å². The van der Waals surface area contributed by atoms with Crippen LogP contribution in [0.15, 0.2) is 18.5 Å². The second-order valence-electron chi connectivity index (χ2n) is 6.24. The van der Waals surface area contributed by atoms with Crippen LogP contribution in [0.4, 0.5) is 5.95 Å². The summed E-state index contributed by atoms with van der Waals surface area (Å²) in [6.45, 7) is 6.69. The average Bonchev–Trinajstić information content (AvgIpc) is 3.02. The van der Waals surface area contributed by atoms with Crippen molar-refractivity contribution in [2.45, 2.75) is 25.9 Å². The maximum absolute atomic E-state index is 5.92. The van der Waals surface area contributed by atoms with E-state index in [-0.39, 0.29) is 5.92 Å². The molecule has 130 valence electrons. The molecule has 2 aromatic rings. The summed E-state index contributed by atoms with van der Waals surface area (Å²) in [6, 6.07) is 1.83. The largest absolute Gasteiger partial charge is 0.379 e. The van der Waals surface area contributed by atoms with E-state index in [0.29, 0.717) is 19.8 Å². The number of nitrogens with zero attached hydrogens (tertiary/aromatic N) is 7. The Bertz CT molecular complexity index is 643. The molecule has 0 saturated heterocycles. The van der Waals surface area contributed by atoms with E-state index in [2.05, 4.69) is 37.0 Å². The van der Waals surface area contributed by atoms with Gasteiger partial charge in [0.15, 0.2) is 0 Å². The molecular weight excluding hydrogens is 306 g/mol. The van der Waals surface area contributed by atoms with E-state index in [4.69, 9.17) is 4.74 Å². The highest BCUT2D eigenvalue weighted by molar-refractivity contribution is 5.36. The van der Waals surface area contributed by atoms with Crippen molar-refractivity contribution in [3.05, 3.63) is 29.8 Å².